The number of hydrogen-bond acceptors (Lipinski definition) is 4. The van der Waals surface area contributed by atoms with Crippen LogP contribution >= 0.6 is 0 Å². The second kappa shape index (κ2) is 5.65. The fourth-order valence-electron chi connectivity index (χ4n) is 3.66. The number of carboxylic acids is 1. The summed E-state index contributed by atoms with van der Waals surface area (Å²) >= 11 is 0. The van der Waals surface area contributed by atoms with E-state index in [2.05, 4.69) is 39.6 Å². The monoisotopic (exact) mass is 309 g/mol. The van der Waals surface area contributed by atoms with E-state index in [0.717, 1.165) is 55.6 Å². The molecule has 0 amide bonds. The average molecular weight is 309 g/mol. The zero-order valence-electron chi connectivity index (χ0n) is 12.9. The molecule has 2 aliphatic rings. The van der Waals surface area contributed by atoms with Gasteiger partial charge in [0.2, 0.25) is 5.82 Å². The van der Waals surface area contributed by atoms with Crippen molar-refractivity contribution >= 4 is 11.8 Å². The quantitative estimate of drug-likeness (QED) is 0.911. The first-order valence-electron chi connectivity index (χ1n) is 8.17. The number of benzene rings is 1. The number of anilines is 1. The normalized spacial score (nSPS) is 16.7. The summed E-state index contributed by atoms with van der Waals surface area (Å²) in [4.78, 5) is 19.8. The molecule has 0 aliphatic heterocycles. The van der Waals surface area contributed by atoms with Gasteiger partial charge in [-0.05, 0) is 49.7 Å². The predicted octanol–water partition coefficient (Wildman–Crippen LogP) is 2.63. The second-order valence-corrected chi connectivity index (χ2v) is 6.35. The lowest BCUT2D eigenvalue weighted by Crippen LogP contribution is -2.24. The molecule has 0 radical (unpaired) electrons. The van der Waals surface area contributed by atoms with Crippen molar-refractivity contribution in [1.82, 2.24) is 9.97 Å². The maximum atomic E-state index is 11.3. The molecule has 118 valence electrons. The van der Waals surface area contributed by atoms with E-state index in [1.165, 1.54) is 11.1 Å². The molecular weight excluding hydrogens is 290 g/mol. The first kappa shape index (κ1) is 14.2. The van der Waals surface area contributed by atoms with E-state index in [-0.39, 0.29) is 11.9 Å². The summed E-state index contributed by atoms with van der Waals surface area (Å²) in [5, 5.41) is 12.8. The molecule has 2 aliphatic carbocycles. The molecule has 0 bridgehead atoms. The molecule has 0 fully saturated rings. The van der Waals surface area contributed by atoms with Gasteiger partial charge in [-0.15, -0.1) is 0 Å². The highest BCUT2D eigenvalue weighted by Crippen LogP contribution is 2.29. The summed E-state index contributed by atoms with van der Waals surface area (Å²) in [7, 11) is 0. The molecule has 23 heavy (non-hydrogen) atoms. The number of hydrogen-bond donors (Lipinski definition) is 2. The number of fused-ring (bicyclic) bond motifs is 2. The van der Waals surface area contributed by atoms with Crippen LogP contribution in [0.3, 0.4) is 0 Å². The third kappa shape index (κ3) is 2.67. The average Bonchev–Trinajstić information content (AvgIpc) is 2.97. The van der Waals surface area contributed by atoms with Gasteiger partial charge in [0.05, 0.1) is 5.69 Å². The molecule has 2 N–H and O–H groups in total. The van der Waals surface area contributed by atoms with Crippen LogP contribution in [-0.4, -0.2) is 27.1 Å². The molecule has 1 aromatic heterocycles. The summed E-state index contributed by atoms with van der Waals surface area (Å²) < 4.78 is 0. The van der Waals surface area contributed by atoms with Gasteiger partial charge >= 0.3 is 5.97 Å². The Labute approximate surface area is 134 Å². The molecule has 5 heteroatoms. The van der Waals surface area contributed by atoms with Crippen LogP contribution in [-0.2, 0) is 25.7 Å². The fourth-order valence-corrected chi connectivity index (χ4v) is 3.66. The first-order chi connectivity index (χ1) is 11.2. The van der Waals surface area contributed by atoms with E-state index < -0.39 is 5.97 Å². The van der Waals surface area contributed by atoms with E-state index >= 15 is 0 Å². The van der Waals surface area contributed by atoms with Crippen molar-refractivity contribution < 1.29 is 9.90 Å². The number of rotatable bonds is 3. The minimum atomic E-state index is -1.06. The van der Waals surface area contributed by atoms with Crippen molar-refractivity contribution in [3.63, 3.8) is 0 Å². The third-order valence-electron chi connectivity index (χ3n) is 4.77. The molecule has 0 atom stereocenters. The van der Waals surface area contributed by atoms with Crippen LogP contribution in [0.25, 0.3) is 0 Å². The molecule has 0 saturated carbocycles. The Kier molecular flexibility index (Phi) is 3.48. The number of aromatic nitrogens is 2. The van der Waals surface area contributed by atoms with Gasteiger partial charge in [0.25, 0.3) is 0 Å². The molecule has 0 spiro atoms. The van der Waals surface area contributed by atoms with Crippen LogP contribution in [0.15, 0.2) is 24.3 Å². The van der Waals surface area contributed by atoms with Gasteiger partial charge in [-0.25, -0.2) is 14.8 Å². The van der Waals surface area contributed by atoms with Crippen molar-refractivity contribution in [1.29, 1.82) is 0 Å². The van der Waals surface area contributed by atoms with Crippen LogP contribution in [0.5, 0.6) is 0 Å². The number of aromatic carboxylic acids is 1. The number of carboxylic acid groups (broad SMARTS) is 1. The maximum absolute atomic E-state index is 11.3. The van der Waals surface area contributed by atoms with Crippen LogP contribution in [0.4, 0.5) is 5.82 Å². The number of nitrogens with zero attached hydrogens (tertiary/aromatic N) is 2. The largest absolute Gasteiger partial charge is 0.475 e. The Morgan fingerprint density at radius 2 is 1.78 bits per heavy atom. The molecule has 0 unspecified atom stereocenters. The summed E-state index contributed by atoms with van der Waals surface area (Å²) in [6.45, 7) is 0. The first-order valence-corrected chi connectivity index (χ1v) is 8.17. The summed E-state index contributed by atoms with van der Waals surface area (Å²) in [6.07, 6.45) is 5.86. The lowest BCUT2D eigenvalue weighted by Gasteiger charge is -2.21. The molecule has 5 nitrogen and oxygen atoms in total. The van der Waals surface area contributed by atoms with Gasteiger partial charge in [0.1, 0.15) is 5.82 Å². The lowest BCUT2D eigenvalue weighted by atomic mass is 9.96. The SMILES string of the molecule is O=C(O)c1nc2c(c(NC3Cc4ccccc4C3)n1)CCCC2. The van der Waals surface area contributed by atoms with Crippen molar-refractivity contribution in [3.05, 3.63) is 52.5 Å². The number of nitrogens with one attached hydrogen (secondary N) is 1. The smallest absolute Gasteiger partial charge is 0.374 e. The Balaban J connectivity index is 1.64. The molecule has 4 rings (SSSR count). The standard InChI is InChI=1S/C18H19N3O2/c22-18(23)17-20-15-8-4-3-7-14(15)16(21-17)19-13-9-11-5-1-2-6-12(11)10-13/h1-2,5-6,13H,3-4,7-10H2,(H,22,23)(H,19,20,21). The summed E-state index contributed by atoms with van der Waals surface area (Å²) in [6, 6.07) is 8.73. The molecular formula is C18H19N3O2. The zero-order valence-corrected chi connectivity index (χ0v) is 12.9. The van der Waals surface area contributed by atoms with Crippen LogP contribution in [0.1, 0.15) is 45.8 Å². The van der Waals surface area contributed by atoms with Crippen molar-refractivity contribution in [2.45, 2.75) is 44.6 Å². The second-order valence-electron chi connectivity index (χ2n) is 6.35. The highest BCUT2D eigenvalue weighted by atomic mass is 16.4. The van der Waals surface area contributed by atoms with Gasteiger partial charge in [-0.3, -0.25) is 0 Å². The highest BCUT2D eigenvalue weighted by Gasteiger charge is 2.25. The van der Waals surface area contributed by atoms with Gasteiger partial charge in [-0.2, -0.15) is 0 Å². The minimum Gasteiger partial charge on any atom is -0.475 e. The molecule has 0 saturated heterocycles. The van der Waals surface area contributed by atoms with E-state index in [9.17, 15) is 9.90 Å². The van der Waals surface area contributed by atoms with Crippen LogP contribution in [0, 0.1) is 0 Å². The third-order valence-corrected chi connectivity index (χ3v) is 4.77. The molecule has 2 aromatic rings. The fraction of sp³-hybridized carbons (Fsp3) is 0.389. The number of carbonyl (C=O) groups is 1. The lowest BCUT2D eigenvalue weighted by molar-refractivity contribution is 0.0683. The zero-order chi connectivity index (χ0) is 15.8. The minimum absolute atomic E-state index is 0.0938. The van der Waals surface area contributed by atoms with Gasteiger partial charge in [0, 0.05) is 11.6 Å². The molecule has 1 aromatic carbocycles. The van der Waals surface area contributed by atoms with E-state index in [4.69, 9.17) is 0 Å². The predicted molar refractivity (Wildman–Crippen MR) is 86.9 cm³/mol. The summed E-state index contributed by atoms with van der Waals surface area (Å²) in [5.74, 6) is -0.426. The van der Waals surface area contributed by atoms with Crippen LogP contribution in [0.2, 0.25) is 0 Å². The van der Waals surface area contributed by atoms with Crippen LogP contribution < -0.4 is 5.32 Å². The van der Waals surface area contributed by atoms with E-state index in [1.54, 1.807) is 0 Å². The summed E-state index contributed by atoms with van der Waals surface area (Å²) in [5.41, 5.74) is 4.75. The van der Waals surface area contributed by atoms with E-state index in [0.29, 0.717) is 0 Å². The van der Waals surface area contributed by atoms with Gasteiger partial charge in [0.15, 0.2) is 0 Å². The Hall–Kier alpha value is -2.43. The van der Waals surface area contributed by atoms with Crippen molar-refractivity contribution in [3.8, 4) is 0 Å². The van der Waals surface area contributed by atoms with Gasteiger partial charge in [-0.1, -0.05) is 24.3 Å². The Morgan fingerprint density at radius 1 is 1.09 bits per heavy atom. The van der Waals surface area contributed by atoms with E-state index in [1.807, 2.05) is 0 Å². The number of aryl methyl sites for hydroxylation is 1. The maximum Gasteiger partial charge on any atom is 0.374 e. The topological polar surface area (TPSA) is 75.1 Å². The van der Waals surface area contributed by atoms with Crippen molar-refractivity contribution in [2.75, 3.05) is 5.32 Å². The van der Waals surface area contributed by atoms with Gasteiger partial charge < -0.3 is 10.4 Å². The highest BCUT2D eigenvalue weighted by molar-refractivity contribution is 5.84. The Morgan fingerprint density at radius 3 is 2.48 bits per heavy atom. The van der Waals surface area contributed by atoms with Crippen molar-refractivity contribution in [2.24, 2.45) is 0 Å². The molecule has 1 heterocycles. The Bertz CT molecular complexity index is 748.